The minimum absolute atomic E-state index is 0.0601. The van der Waals surface area contributed by atoms with Crippen LogP contribution in [-0.4, -0.2) is 41.1 Å². The second kappa shape index (κ2) is 5.94. The number of ether oxygens (including phenoxy) is 1. The summed E-state index contributed by atoms with van der Waals surface area (Å²) in [5.74, 6) is -0.748. The lowest BCUT2D eigenvalue weighted by Crippen LogP contribution is -2.41. The summed E-state index contributed by atoms with van der Waals surface area (Å²) in [4.78, 5) is 25.9. The largest absolute Gasteiger partial charge is 0.507 e. The third-order valence-electron chi connectivity index (χ3n) is 3.45. The van der Waals surface area contributed by atoms with E-state index in [4.69, 9.17) is 4.74 Å². The number of rotatable bonds is 3. The van der Waals surface area contributed by atoms with Crippen LogP contribution in [0.15, 0.2) is 18.2 Å². The van der Waals surface area contributed by atoms with E-state index in [-0.39, 0.29) is 23.2 Å². The van der Waals surface area contributed by atoms with E-state index >= 15 is 0 Å². The molecular weight excluding hydrogens is 258 g/mol. The second-order valence-corrected chi connectivity index (χ2v) is 4.93. The van der Waals surface area contributed by atoms with Gasteiger partial charge in [-0.05, 0) is 38.8 Å². The third-order valence-corrected chi connectivity index (χ3v) is 3.45. The maximum atomic E-state index is 12.5. The van der Waals surface area contributed by atoms with Gasteiger partial charge in [0, 0.05) is 6.54 Å². The number of phenolic OH excluding ortho intramolecular Hbond substituents is 1. The number of amides is 1. The minimum Gasteiger partial charge on any atom is -0.507 e. The monoisotopic (exact) mass is 277 g/mol. The summed E-state index contributed by atoms with van der Waals surface area (Å²) in [7, 11) is 0. The molecule has 5 heteroatoms. The maximum absolute atomic E-state index is 12.5. The lowest BCUT2D eigenvalue weighted by atomic mass is 10.1. The van der Waals surface area contributed by atoms with Crippen LogP contribution in [0.1, 0.15) is 35.7 Å². The number of hydrogen-bond acceptors (Lipinski definition) is 4. The smallest absolute Gasteiger partial charge is 0.328 e. The molecule has 108 valence electrons. The van der Waals surface area contributed by atoms with Crippen LogP contribution in [0.5, 0.6) is 5.75 Å². The quantitative estimate of drug-likeness (QED) is 0.856. The first-order valence-electron chi connectivity index (χ1n) is 6.81. The molecule has 5 nitrogen and oxygen atoms in total. The predicted molar refractivity (Wildman–Crippen MR) is 73.5 cm³/mol. The molecule has 0 spiro atoms. The van der Waals surface area contributed by atoms with Gasteiger partial charge in [0.25, 0.3) is 5.91 Å². The highest BCUT2D eigenvalue weighted by molar-refractivity contribution is 5.99. The number of aryl methyl sites for hydroxylation is 1. The molecule has 0 saturated carbocycles. The molecule has 0 radical (unpaired) electrons. The number of phenols is 1. The van der Waals surface area contributed by atoms with Crippen molar-refractivity contribution in [2.75, 3.05) is 13.2 Å². The molecular formula is C15H19NO4. The summed E-state index contributed by atoms with van der Waals surface area (Å²) < 4.78 is 5.00. The standard InChI is InChI=1S/C15H19NO4/c1-3-20-15(19)12-5-4-8-16(12)14(18)11-9-10(2)6-7-13(11)17/h6-7,9,12,17H,3-5,8H2,1-2H3. The number of aromatic hydroxyl groups is 1. The molecule has 1 aromatic rings. The number of hydrogen-bond donors (Lipinski definition) is 1. The Morgan fingerprint density at radius 1 is 1.45 bits per heavy atom. The Labute approximate surface area is 118 Å². The molecule has 0 aliphatic carbocycles. The molecule has 1 N–H and O–H groups in total. The molecule has 0 bridgehead atoms. The Morgan fingerprint density at radius 3 is 2.90 bits per heavy atom. The molecule has 0 aromatic heterocycles. The van der Waals surface area contributed by atoms with E-state index < -0.39 is 6.04 Å². The van der Waals surface area contributed by atoms with Crippen LogP contribution in [0.25, 0.3) is 0 Å². The first-order valence-corrected chi connectivity index (χ1v) is 6.81. The zero-order valence-corrected chi connectivity index (χ0v) is 11.8. The number of carbonyl (C=O) groups excluding carboxylic acids is 2. The Kier molecular flexibility index (Phi) is 4.27. The van der Waals surface area contributed by atoms with Gasteiger partial charge in [0.1, 0.15) is 11.8 Å². The Morgan fingerprint density at radius 2 is 2.20 bits per heavy atom. The summed E-state index contributed by atoms with van der Waals surface area (Å²) in [6.07, 6.45) is 1.37. The lowest BCUT2D eigenvalue weighted by Gasteiger charge is -2.23. The van der Waals surface area contributed by atoms with Crippen molar-refractivity contribution in [2.24, 2.45) is 0 Å². The molecule has 1 aliphatic heterocycles. The third kappa shape index (κ3) is 2.76. The summed E-state index contributed by atoms with van der Waals surface area (Å²) in [5, 5.41) is 9.83. The second-order valence-electron chi connectivity index (χ2n) is 4.93. The van der Waals surface area contributed by atoms with E-state index in [1.165, 1.54) is 11.0 Å². The van der Waals surface area contributed by atoms with Crippen molar-refractivity contribution in [2.45, 2.75) is 32.7 Å². The SMILES string of the molecule is CCOC(=O)C1CCCN1C(=O)c1cc(C)ccc1O. The topological polar surface area (TPSA) is 66.8 Å². The van der Waals surface area contributed by atoms with E-state index in [2.05, 4.69) is 0 Å². The Balaban J connectivity index is 2.23. The zero-order valence-electron chi connectivity index (χ0n) is 11.8. The molecule has 20 heavy (non-hydrogen) atoms. The molecule has 1 unspecified atom stereocenters. The van der Waals surface area contributed by atoms with Crippen molar-refractivity contribution in [1.82, 2.24) is 4.90 Å². The van der Waals surface area contributed by atoms with Gasteiger partial charge < -0.3 is 14.7 Å². The van der Waals surface area contributed by atoms with Crippen LogP contribution in [0.2, 0.25) is 0 Å². The zero-order chi connectivity index (χ0) is 14.7. The van der Waals surface area contributed by atoms with Crippen LogP contribution >= 0.6 is 0 Å². The number of carbonyl (C=O) groups is 2. The van der Waals surface area contributed by atoms with Crippen molar-refractivity contribution in [3.63, 3.8) is 0 Å². The Hall–Kier alpha value is -2.04. The maximum Gasteiger partial charge on any atom is 0.328 e. The fourth-order valence-electron chi connectivity index (χ4n) is 2.47. The molecule has 1 amide bonds. The van der Waals surface area contributed by atoms with E-state index in [9.17, 15) is 14.7 Å². The van der Waals surface area contributed by atoms with Crippen LogP contribution in [0.4, 0.5) is 0 Å². The molecule has 1 aliphatic rings. The van der Waals surface area contributed by atoms with Gasteiger partial charge in [-0.25, -0.2) is 4.79 Å². The fourth-order valence-corrected chi connectivity index (χ4v) is 2.47. The average Bonchev–Trinajstić information content (AvgIpc) is 2.90. The number of esters is 1. The van der Waals surface area contributed by atoms with Crippen LogP contribution in [0.3, 0.4) is 0 Å². The van der Waals surface area contributed by atoms with Crippen LogP contribution in [-0.2, 0) is 9.53 Å². The summed E-state index contributed by atoms with van der Waals surface area (Å²) >= 11 is 0. The summed E-state index contributed by atoms with van der Waals surface area (Å²) in [6.45, 7) is 4.40. The Bertz CT molecular complexity index is 527. The predicted octanol–water partition coefficient (Wildman–Crippen LogP) is 1.87. The highest BCUT2D eigenvalue weighted by atomic mass is 16.5. The van der Waals surface area contributed by atoms with E-state index in [1.807, 2.05) is 6.92 Å². The molecule has 1 fully saturated rings. The van der Waals surface area contributed by atoms with Crippen molar-refractivity contribution in [3.05, 3.63) is 29.3 Å². The highest BCUT2D eigenvalue weighted by Gasteiger charge is 2.36. The van der Waals surface area contributed by atoms with Gasteiger partial charge in [-0.3, -0.25) is 4.79 Å². The first-order chi connectivity index (χ1) is 9.54. The van der Waals surface area contributed by atoms with Gasteiger partial charge in [0.05, 0.1) is 12.2 Å². The molecule has 2 rings (SSSR count). The van der Waals surface area contributed by atoms with Crippen molar-refractivity contribution >= 4 is 11.9 Å². The van der Waals surface area contributed by atoms with Crippen molar-refractivity contribution in [3.8, 4) is 5.75 Å². The van der Waals surface area contributed by atoms with Crippen LogP contribution in [0, 0.1) is 6.92 Å². The van der Waals surface area contributed by atoms with E-state index in [1.54, 1.807) is 19.1 Å². The van der Waals surface area contributed by atoms with Gasteiger partial charge in [-0.15, -0.1) is 0 Å². The minimum atomic E-state index is -0.539. The van der Waals surface area contributed by atoms with Gasteiger partial charge in [-0.2, -0.15) is 0 Å². The van der Waals surface area contributed by atoms with Crippen LogP contribution < -0.4 is 0 Å². The van der Waals surface area contributed by atoms with Crippen molar-refractivity contribution < 1.29 is 19.4 Å². The summed E-state index contributed by atoms with van der Waals surface area (Å²) in [5.41, 5.74) is 1.12. The van der Waals surface area contributed by atoms with Gasteiger partial charge in [0.15, 0.2) is 0 Å². The normalized spacial score (nSPS) is 18.1. The molecule has 1 heterocycles. The van der Waals surface area contributed by atoms with Crippen molar-refractivity contribution in [1.29, 1.82) is 0 Å². The van der Waals surface area contributed by atoms with E-state index in [0.29, 0.717) is 19.6 Å². The average molecular weight is 277 g/mol. The number of likely N-dealkylation sites (tertiary alicyclic amines) is 1. The first kappa shape index (κ1) is 14.4. The lowest BCUT2D eigenvalue weighted by molar-refractivity contribution is -0.147. The molecule has 1 saturated heterocycles. The molecule has 1 aromatic carbocycles. The van der Waals surface area contributed by atoms with Gasteiger partial charge >= 0.3 is 5.97 Å². The molecule has 1 atom stereocenters. The van der Waals surface area contributed by atoms with E-state index in [0.717, 1.165) is 12.0 Å². The summed E-state index contributed by atoms with van der Waals surface area (Å²) in [6, 6.07) is 4.33. The number of benzene rings is 1. The fraction of sp³-hybridized carbons (Fsp3) is 0.467. The highest BCUT2D eigenvalue weighted by Crippen LogP contribution is 2.25. The number of nitrogens with zero attached hydrogens (tertiary/aromatic N) is 1. The van der Waals surface area contributed by atoms with Gasteiger partial charge in [0.2, 0.25) is 0 Å². The van der Waals surface area contributed by atoms with Gasteiger partial charge in [-0.1, -0.05) is 11.6 Å².